The molecule has 1 aliphatic heterocycles. The Morgan fingerprint density at radius 1 is 1.07 bits per heavy atom. The lowest BCUT2D eigenvalue weighted by atomic mass is 10.0. The molecule has 162 valence electrons. The Balaban J connectivity index is 1.46. The first-order chi connectivity index (χ1) is 14.4. The normalized spacial score (nSPS) is 19.9. The fourth-order valence-corrected chi connectivity index (χ4v) is 4.10. The van der Waals surface area contributed by atoms with E-state index in [2.05, 4.69) is 37.4 Å². The van der Waals surface area contributed by atoms with Gasteiger partial charge in [0.1, 0.15) is 44.3 Å². The summed E-state index contributed by atoms with van der Waals surface area (Å²) in [6.07, 6.45) is 0. The third kappa shape index (κ3) is 5.80. The predicted molar refractivity (Wildman–Crippen MR) is 115 cm³/mol. The number of hydrogen-bond donors (Lipinski definition) is 3. The number of aryl methyl sites for hydroxylation is 2. The number of ether oxygens (including phenoxy) is 1. The highest BCUT2D eigenvalue weighted by atomic mass is 19.1. The number of carbonyl (C=O) groups excluding carboxylic acids is 1. The molecule has 1 heterocycles. The van der Waals surface area contributed by atoms with Gasteiger partial charge in [0.05, 0.1) is 18.7 Å². The van der Waals surface area contributed by atoms with Gasteiger partial charge in [0, 0.05) is 0 Å². The van der Waals surface area contributed by atoms with Crippen molar-refractivity contribution in [2.24, 2.45) is 0 Å². The number of methoxy groups -OCH3 is 1. The molecule has 1 atom stereocenters. The maximum Gasteiger partial charge on any atom is 0.275 e. The summed E-state index contributed by atoms with van der Waals surface area (Å²) in [7, 11) is 1.62. The Morgan fingerprint density at radius 3 is 2.43 bits per heavy atom. The number of amides is 1. The van der Waals surface area contributed by atoms with E-state index in [9.17, 15) is 9.18 Å². The minimum Gasteiger partial charge on any atom is -0.496 e. The Labute approximate surface area is 178 Å². The van der Waals surface area contributed by atoms with Gasteiger partial charge in [-0.3, -0.25) is 4.79 Å². The number of nitrogens with one attached hydrogen (secondary N) is 3. The predicted octanol–water partition coefficient (Wildman–Crippen LogP) is 0.612. The third-order valence-electron chi connectivity index (χ3n) is 6.17. The van der Waals surface area contributed by atoms with Crippen molar-refractivity contribution in [1.29, 1.82) is 0 Å². The van der Waals surface area contributed by atoms with E-state index in [0.717, 1.165) is 49.6 Å². The SMILES string of the molecule is COc1ccc(F)cc1C[NH+]1CC[NH+](CC(=O)N[C@@H](C)c2ccc(C)c(C)c2)CC1. The van der Waals surface area contributed by atoms with Gasteiger partial charge < -0.3 is 19.9 Å². The molecule has 5 nitrogen and oxygen atoms in total. The zero-order chi connectivity index (χ0) is 21.7. The molecular formula is C24H34FN3O2+2. The van der Waals surface area contributed by atoms with Crippen LogP contribution in [0.2, 0.25) is 0 Å². The molecular weight excluding hydrogens is 381 g/mol. The van der Waals surface area contributed by atoms with Gasteiger partial charge in [0.15, 0.2) is 6.54 Å². The molecule has 0 saturated carbocycles. The summed E-state index contributed by atoms with van der Waals surface area (Å²) in [5, 5.41) is 3.14. The van der Waals surface area contributed by atoms with Gasteiger partial charge in [-0.05, 0) is 55.7 Å². The Kier molecular flexibility index (Phi) is 7.45. The summed E-state index contributed by atoms with van der Waals surface area (Å²) in [6.45, 7) is 11.2. The Bertz CT molecular complexity index is 879. The van der Waals surface area contributed by atoms with Crippen LogP contribution in [0.25, 0.3) is 0 Å². The maximum atomic E-state index is 13.6. The number of quaternary nitrogens is 2. The molecule has 1 saturated heterocycles. The molecule has 0 radical (unpaired) electrons. The highest BCUT2D eigenvalue weighted by Gasteiger charge is 2.26. The lowest BCUT2D eigenvalue weighted by molar-refractivity contribution is -1.02. The van der Waals surface area contributed by atoms with Crippen molar-refractivity contribution in [2.45, 2.75) is 33.4 Å². The van der Waals surface area contributed by atoms with Crippen molar-refractivity contribution in [1.82, 2.24) is 5.32 Å². The number of halogens is 1. The van der Waals surface area contributed by atoms with E-state index in [-0.39, 0.29) is 17.8 Å². The number of carbonyl (C=O) groups is 1. The monoisotopic (exact) mass is 415 g/mol. The minimum absolute atomic E-state index is 0.00329. The molecule has 2 aromatic rings. The van der Waals surface area contributed by atoms with E-state index in [1.54, 1.807) is 19.2 Å². The van der Waals surface area contributed by atoms with Crippen molar-refractivity contribution in [3.63, 3.8) is 0 Å². The summed E-state index contributed by atoms with van der Waals surface area (Å²) in [6, 6.07) is 11.0. The van der Waals surface area contributed by atoms with Crippen LogP contribution < -0.4 is 19.9 Å². The first kappa shape index (κ1) is 22.2. The molecule has 3 N–H and O–H groups in total. The quantitative estimate of drug-likeness (QED) is 0.621. The number of piperazine rings is 1. The lowest BCUT2D eigenvalue weighted by Crippen LogP contribution is -3.28. The first-order valence-corrected chi connectivity index (χ1v) is 10.7. The average Bonchev–Trinajstić information content (AvgIpc) is 2.71. The van der Waals surface area contributed by atoms with Crippen LogP contribution in [0.1, 0.15) is 35.2 Å². The van der Waals surface area contributed by atoms with Crippen LogP contribution in [0.3, 0.4) is 0 Å². The topological polar surface area (TPSA) is 47.2 Å². The van der Waals surface area contributed by atoms with Gasteiger partial charge >= 0.3 is 0 Å². The molecule has 2 aromatic carbocycles. The van der Waals surface area contributed by atoms with Gasteiger partial charge in [0.25, 0.3) is 5.91 Å². The molecule has 3 rings (SSSR count). The number of rotatable bonds is 7. The van der Waals surface area contributed by atoms with Crippen LogP contribution in [0, 0.1) is 19.7 Å². The fraction of sp³-hybridized carbons (Fsp3) is 0.458. The highest BCUT2D eigenvalue weighted by molar-refractivity contribution is 5.77. The summed E-state index contributed by atoms with van der Waals surface area (Å²) >= 11 is 0. The van der Waals surface area contributed by atoms with Crippen LogP contribution in [-0.4, -0.2) is 45.7 Å². The molecule has 30 heavy (non-hydrogen) atoms. The summed E-state index contributed by atoms with van der Waals surface area (Å²) in [5.41, 5.74) is 4.54. The zero-order valence-electron chi connectivity index (χ0n) is 18.5. The third-order valence-corrected chi connectivity index (χ3v) is 6.17. The standard InChI is InChI=1S/C24H32FN3O2/c1-17-5-6-20(13-18(17)2)19(3)26-24(29)16-28-11-9-27(10-12-28)15-21-14-22(25)7-8-23(21)30-4/h5-8,13-14,19H,9-12,15-16H2,1-4H3,(H,26,29)/p+2/t19-/m0/s1. The summed E-state index contributed by atoms with van der Waals surface area (Å²) < 4.78 is 19.0. The summed E-state index contributed by atoms with van der Waals surface area (Å²) in [5.74, 6) is 0.591. The van der Waals surface area contributed by atoms with Crippen LogP contribution >= 0.6 is 0 Å². The van der Waals surface area contributed by atoms with E-state index < -0.39 is 0 Å². The van der Waals surface area contributed by atoms with E-state index in [0.29, 0.717) is 6.54 Å². The van der Waals surface area contributed by atoms with Gasteiger partial charge in [-0.25, -0.2) is 4.39 Å². The van der Waals surface area contributed by atoms with E-state index >= 15 is 0 Å². The van der Waals surface area contributed by atoms with Crippen LogP contribution in [0.4, 0.5) is 4.39 Å². The molecule has 1 amide bonds. The van der Waals surface area contributed by atoms with E-state index in [1.807, 2.05) is 6.92 Å². The number of hydrogen-bond acceptors (Lipinski definition) is 2. The largest absolute Gasteiger partial charge is 0.496 e. The fourth-order valence-electron chi connectivity index (χ4n) is 4.10. The number of benzene rings is 2. The first-order valence-electron chi connectivity index (χ1n) is 10.7. The second-order valence-electron chi connectivity index (χ2n) is 8.44. The van der Waals surface area contributed by atoms with Crippen molar-refractivity contribution in [2.75, 3.05) is 39.8 Å². The molecule has 0 unspecified atom stereocenters. The highest BCUT2D eigenvalue weighted by Crippen LogP contribution is 2.18. The average molecular weight is 416 g/mol. The van der Waals surface area contributed by atoms with Gasteiger partial charge in [-0.15, -0.1) is 0 Å². The molecule has 0 aliphatic carbocycles. The molecule has 1 fully saturated rings. The van der Waals surface area contributed by atoms with Gasteiger partial charge in [-0.2, -0.15) is 0 Å². The van der Waals surface area contributed by atoms with Gasteiger partial charge in [-0.1, -0.05) is 18.2 Å². The molecule has 1 aliphatic rings. The van der Waals surface area contributed by atoms with E-state index in [4.69, 9.17) is 4.74 Å². The molecule has 0 bridgehead atoms. The van der Waals surface area contributed by atoms with Gasteiger partial charge in [0.2, 0.25) is 0 Å². The minimum atomic E-state index is -0.232. The van der Waals surface area contributed by atoms with Crippen LogP contribution in [-0.2, 0) is 11.3 Å². The molecule has 0 aromatic heterocycles. The van der Waals surface area contributed by atoms with Crippen molar-refractivity contribution >= 4 is 5.91 Å². The lowest BCUT2D eigenvalue weighted by Gasteiger charge is -2.30. The van der Waals surface area contributed by atoms with Crippen LogP contribution in [0.5, 0.6) is 5.75 Å². The van der Waals surface area contributed by atoms with Crippen molar-refractivity contribution in [3.05, 3.63) is 64.5 Å². The second-order valence-corrected chi connectivity index (χ2v) is 8.44. The zero-order valence-corrected chi connectivity index (χ0v) is 18.5. The Morgan fingerprint density at radius 2 is 1.77 bits per heavy atom. The summed E-state index contributed by atoms with van der Waals surface area (Å²) in [4.78, 5) is 15.2. The second kappa shape index (κ2) is 10.0. The van der Waals surface area contributed by atoms with Crippen molar-refractivity contribution in [3.8, 4) is 5.75 Å². The van der Waals surface area contributed by atoms with Crippen LogP contribution in [0.15, 0.2) is 36.4 Å². The molecule has 6 heteroatoms. The Hall–Kier alpha value is -2.44. The van der Waals surface area contributed by atoms with Crippen molar-refractivity contribution < 1.29 is 23.7 Å². The smallest absolute Gasteiger partial charge is 0.275 e. The molecule has 0 spiro atoms. The maximum absolute atomic E-state index is 13.6. The van der Waals surface area contributed by atoms with E-state index in [1.165, 1.54) is 27.0 Å².